The van der Waals surface area contributed by atoms with Crippen LogP contribution in [-0.4, -0.2) is 48.8 Å². The maximum atomic E-state index is 9.25. The van der Waals surface area contributed by atoms with Crippen LogP contribution in [0.15, 0.2) is 0 Å². The highest BCUT2D eigenvalue weighted by Crippen LogP contribution is 2.39. The molecule has 3 nitrogen and oxygen atoms in total. The van der Waals surface area contributed by atoms with Crippen LogP contribution < -0.4 is 5.32 Å². The van der Waals surface area contributed by atoms with Crippen LogP contribution in [0.2, 0.25) is 0 Å². The summed E-state index contributed by atoms with van der Waals surface area (Å²) < 4.78 is 0. The first-order valence-corrected chi connectivity index (χ1v) is 8.59. The highest BCUT2D eigenvalue weighted by molar-refractivity contribution is 4.90. The zero-order chi connectivity index (χ0) is 15.0. The topological polar surface area (TPSA) is 35.5 Å². The molecule has 1 aliphatic carbocycles. The molecular formula is C17H36N2O. The molecular weight excluding hydrogens is 248 g/mol. The summed E-state index contributed by atoms with van der Waals surface area (Å²) in [5.41, 5.74) is 0.478. The zero-order valence-corrected chi connectivity index (χ0v) is 14.1. The van der Waals surface area contributed by atoms with E-state index in [4.69, 9.17) is 0 Å². The van der Waals surface area contributed by atoms with Crippen molar-refractivity contribution < 1.29 is 5.11 Å². The van der Waals surface area contributed by atoms with Gasteiger partial charge in [0.05, 0.1) is 6.61 Å². The summed E-state index contributed by atoms with van der Waals surface area (Å²) in [4.78, 5) is 2.45. The average Bonchev–Trinajstić information content (AvgIpc) is 2.38. The van der Waals surface area contributed by atoms with E-state index in [-0.39, 0.29) is 6.61 Å². The average molecular weight is 284 g/mol. The minimum atomic E-state index is 0.281. The lowest BCUT2D eigenvalue weighted by Crippen LogP contribution is -2.48. The first-order valence-electron chi connectivity index (χ1n) is 8.59. The molecule has 0 aromatic rings. The van der Waals surface area contributed by atoms with Crippen LogP contribution >= 0.6 is 0 Å². The Morgan fingerprint density at radius 3 is 2.55 bits per heavy atom. The molecule has 0 bridgehead atoms. The van der Waals surface area contributed by atoms with Crippen LogP contribution in [0.3, 0.4) is 0 Å². The Morgan fingerprint density at radius 2 is 1.95 bits per heavy atom. The van der Waals surface area contributed by atoms with Crippen LogP contribution in [-0.2, 0) is 0 Å². The van der Waals surface area contributed by atoms with Crippen molar-refractivity contribution in [3.05, 3.63) is 0 Å². The van der Waals surface area contributed by atoms with E-state index >= 15 is 0 Å². The van der Waals surface area contributed by atoms with Gasteiger partial charge >= 0.3 is 0 Å². The van der Waals surface area contributed by atoms with Crippen molar-refractivity contribution in [2.75, 3.05) is 32.8 Å². The maximum Gasteiger partial charge on any atom is 0.0558 e. The maximum absolute atomic E-state index is 9.25. The number of aliphatic hydroxyl groups is 1. The molecule has 0 aromatic carbocycles. The number of nitrogens with one attached hydrogen (secondary N) is 1. The standard InChI is InChI=1S/C17H36N2O/c1-5-9-18-16-7-8-17(3,4)13-15(16)14-19(10-6-2)11-12-20/h15-16,18,20H,5-14H2,1-4H3. The summed E-state index contributed by atoms with van der Waals surface area (Å²) in [6.45, 7) is 13.8. The number of nitrogens with zero attached hydrogens (tertiary/aromatic N) is 1. The molecule has 2 atom stereocenters. The fourth-order valence-electron chi connectivity index (χ4n) is 3.61. The number of rotatable bonds is 9. The van der Waals surface area contributed by atoms with Crippen LogP contribution in [0.5, 0.6) is 0 Å². The Kier molecular flexibility index (Phi) is 8.08. The van der Waals surface area contributed by atoms with E-state index in [1.54, 1.807) is 0 Å². The number of aliphatic hydroxyl groups excluding tert-OH is 1. The summed E-state index contributed by atoms with van der Waals surface area (Å²) >= 11 is 0. The lowest BCUT2D eigenvalue weighted by Gasteiger charge is -2.43. The highest BCUT2D eigenvalue weighted by Gasteiger charge is 2.35. The Balaban J connectivity index is 2.61. The third-order valence-corrected chi connectivity index (χ3v) is 4.62. The summed E-state index contributed by atoms with van der Waals surface area (Å²) in [5.74, 6) is 0.725. The number of hydrogen-bond acceptors (Lipinski definition) is 3. The van der Waals surface area contributed by atoms with Gasteiger partial charge in [-0.3, -0.25) is 0 Å². The van der Waals surface area contributed by atoms with Gasteiger partial charge in [-0.1, -0.05) is 27.7 Å². The molecule has 2 unspecified atom stereocenters. The van der Waals surface area contributed by atoms with Crippen molar-refractivity contribution in [1.82, 2.24) is 10.2 Å². The first-order chi connectivity index (χ1) is 9.52. The van der Waals surface area contributed by atoms with E-state index in [0.717, 1.165) is 32.1 Å². The lowest BCUT2D eigenvalue weighted by molar-refractivity contribution is 0.0911. The van der Waals surface area contributed by atoms with Gasteiger partial charge in [-0.05, 0) is 56.5 Å². The molecule has 20 heavy (non-hydrogen) atoms. The van der Waals surface area contributed by atoms with E-state index in [2.05, 4.69) is 37.9 Å². The quantitative estimate of drug-likeness (QED) is 0.683. The summed E-state index contributed by atoms with van der Waals surface area (Å²) in [5, 5.41) is 13.0. The number of hydrogen-bond donors (Lipinski definition) is 2. The molecule has 0 heterocycles. The SMILES string of the molecule is CCCNC1CCC(C)(C)CC1CN(CCC)CCO. The third kappa shape index (κ3) is 6.11. The Morgan fingerprint density at radius 1 is 1.20 bits per heavy atom. The molecule has 0 spiro atoms. The van der Waals surface area contributed by atoms with E-state index in [9.17, 15) is 5.11 Å². The molecule has 0 aromatic heterocycles. The smallest absolute Gasteiger partial charge is 0.0558 e. The largest absolute Gasteiger partial charge is 0.395 e. The molecule has 1 fully saturated rings. The minimum absolute atomic E-state index is 0.281. The molecule has 1 rings (SSSR count). The second kappa shape index (κ2) is 9.01. The fraction of sp³-hybridized carbons (Fsp3) is 1.00. The van der Waals surface area contributed by atoms with Gasteiger partial charge in [0.1, 0.15) is 0 Å². The second-order valence-electron chi connectivity index (χ2n) is 7.25. The molecule has 1 aliphatic rings. The third-order valence-electron chi connectivity index (χ3n) is 4.62. The molecule has 3 heteroatoms. The predicted octanol–water partition coefficient (Wildman–Crippen LogP) is 2.89. The van der Waals surface area contributed by atoms with Gasteiger partial charge in [0.25, 0.3) is 0 Å². The van der Waals surface area contributed by atoms with Gasteiger partial charge in [-0.2, -0.15) is 0 Å². The Hall–Kier alpha value is -0.120. The van der Waals surface area contributed by atoms with E-state index in [1.807, 2.05) is 0 Å². The van der Waals surface area contributed by atoms with Gasteiger partial charge < -0.3 is 15.3 Å². The van der Waals surface area contributed by atoms with Crippen LogP contribution in [0.4, 0.5) is 0 Å². The molecule has 1 saturated carbocycles. The van der Waals surface area contributed by atoms with Gasteiger partial charge in [0.15, 0.2) is 0 Å². The van der Waals surface area contributed by atoms with Crippen LogP contribution in [0.1, 0.15) is 59.8 Å². The summed E-state index contributed by atoms with van der Waals surface area (Å²) in [6.07, 6.45) is 6.32. The van der Waals surface area contributed by atoms with E-state index in [1.165, 1.54) is 32.1 Å². The van der Waals surface area contributed by atoms with E-state index < -0.39 is 0 Å². The molecule has 0 aliphatic heterocycles. The monoisotopic (exact) mass is 284 g/mol. The molecule has 2 N–H and O–H groups in total. The summed E-state index contributed by atoms with van der Waals surface area (Å²) in [7, 11) is 0. The van der Waals surface area contributed by atoms with Crippen LogP contribution in [0.25, 0.3) is 0 Å². The van der Waals surface area contributed by atoms with Crippen molar-refractivity contribution >= 4 is 0 Å². The van der Waals surface area contributed by atoms with Gasteiger partial charge in [-0.25, -0.2) is 0 Å². The molecule has 0 amide bonds. The van der Waals surface area contributed by atoms with Crippen molar-refractivity contribution in [1.29, 1.82) is 0 Å². The zero-order valence-electron chi connectivity index (χ0n) is 14.1. The van der Waals surface area contributed by atoms with Gasteiger partial charge in [0.2, 0.25) is 0 Å². The van der Waals surface area contributed by atoms with Gasteiger partial charge in [0, 0.05) is 19.1 Å². The molecule has 0 saturated heterocycles. The Labute approximate surface area is 126 Å². The van der Waals surface area contributed by atoms with Crippen molar-refractivity contribution in [3.8, 4) is 0 Å². The van der Waals surface area contributed by atoms with Crippen molar-refractivity contribution in [2.45, 2.75) is 65.8 Å². The predicted molar refractivity (Wildman–Crippen MR) is 87.0 cm³/mol. The van der Waals surface area contributed by atoms with Gasteiger partial charge in [-0.15, -0.1) is 0 Å². The first kappa shape index (κ1) is 17.9. The summed E-state index contributed by atoms with van der Waals surface area (Å²) in [6, 6.07) is 0.668. The van der Waals surface area contributed by atoms with Crippen molar-refractivity contribution in [2.24, 2.45) is 11.3 Å². The Bertz CT molecular complexity index is 249. The molecule has 0 radical (unpaired) electrons. The second-order valence-corrected chi connectivity index (χ2v) is 7.25. The molecule has 120 valence electrons. The van der Waals surface area contributed by atoms with Crippen molar-refractivity contribution in [3.63, 3.8) is 0 Å². The minimum Gasteiger partial charge on any atom is -0.395 e. The normalized spacial score (nSPS) is 26.1. The highest BCUT2D eigenvalue weighted by atomic mass is 16.3. The lowest BCUT2D eigenvalue weighted by atomic mass is 9.69. The fourth-order valence-corrected chi connectivity index (χ4v) is 3.61. The van der Waals surface area contributed by atoms with E-state index in [0.29, 0.717) is 11.5 Å². The van der Waals surface area contributed by atoms with Crippen LogP contribution in [0, 0.1) is 11.3 Å².